The minimum Gasteiger partial charge on any atom is -0.497 e. The number of carbonyl (C=O) groups is 2. The fraction of sp³-hybridized carbons (Fsp3) is 0.391. The number of piperazine rings is 1. The molecule has 0 radical (unpaired) electrons. The molecule has 7 heteroatoms. The van der Waals surface area contributed by atoms with Gasteiger partial charge in [0.25, 0.3) is 5.91 Å². The Hall–Kier alpha value is -3.22. The number of aryl methyl sites for hydroxylation is 1. The minimum absolute atomic E-state index is 0.0855. The number of carbonyl (C=O) groups excluding carboxylic acids is 2. The SMILES string of the molecule is COc1ccc(C(=O)N2CCN(C(=O)NCCc3ccccc3C)CC2)c(OC)c1. The Morgan fingerprint density at radius 1 is 0.967 bits per heavy atom. The van der Waals surface area contributed by atoms with Crippen LogP contribution in [-0.2, 0) is 6.42 Å². The molecular weight excluding hydrogens is 382 g/mol. The van der Waals surface area contributed by atoms with Crippen LogP contribution in [-0.4, -0.2) is 68.7 Å². The second kappa shape index (κ2) is 10.0. The summed E-state index contributed by atoms with van der Waals surface area (Å²) in [7, 11) is 3.10. The largest absolute Gasteiger partial charge is 0.497 e. The fourth-order valence-electron chi connectivity index (χ4n) is 3.56. The van der Waals surface area contributed by atoms with Crippen molar-refractivity contribution in [2.45, 2.75) is 13.3 Å². The molecule has 0 aliphatic carbocycles. The lowest BCUT2D eigenvalue weighted by molar-refractivity contribution is 0.0662. The molecular formula is C23H29N3O4. The third-order valence-corrected chi connectivity index (χ3v) is 5.43. The molecule has 1 fully saturated rings. The number of nitrogens with one attached hydrogen (secondary N) is 1. The van der Waals surface area contributed by atoms with Crippen LogP contribution in [0.5, 0.6) is 11.5 Å². The number of methoxy groups -OCH3 is 2. The van der Waals surface area contributed by atoms with E-state index >= 15 is 0 Å². The molecule has 0 spiro atoms. The van der Waals surface area contributed by atoms with Gasteiger partial charge in [0.05, 0.1) is 19.8 Å². The van der Waals surface area contributed by atoms with E-state index in [9.17, 15) is 9.59 Å². The molecule has 30 heavy (non-hydrogen) atoms. The van der Waals surface area contributed by atoms with Crippen LogP contribution in [0.3, 0.4) is 0 Å². The first kappa shape index (κ1) is 21.5. The molecule has 3 amide bonds. The Morgan fingerprint density at radius 3 is 2.33 bits per heavy atom. The van der Waals surface area contributed by atoms with Crippen LogP contribution in [0.15, 0.2) is 42.5 Å². The monoisotopic (exact) mass is 411 g/mol. The number of urea groups is 1. The lowest BCUT2D eigenvalue weighted by atomic mass is 10.1. The molecule has 1 aliphatic heterocycles. The number of rotatable bonds is 6. The summed E-state index contributed by atoms with van der Waals surface area (Å²) in [5.41, 5.74) is 2.96. The number of hydrogen-bond donors (Lipinski definition) is 1. The first-order chi connectivity index (χ1) is 14.5. The smallest absolute Gasteiger partial charge is 0.317 e. The molecule has 2 aromatic rings. The summed E-state index contributed by atoms with van der Waals surface area (Å²) in [4.78, 5) is 28.9. The molecule has 0 saturated carbocycles. The van der Waals surface area contributed by atoms with Gasteiger partial charge in [-0.15, -0.1) is 0 Å². The van der Waals surface area contributed by atoms with E-state index in [1.807, 2.05) is 12.1 Å². The zero-order valence-electron chi connectivity index (χ0n) is 17.8. The lowest BCUT2D eigenvalue weighted by Gasteiger charge is -2.35. The van der Waals surface area contributed by atoms with Gasteiger partial charge in [0.2, 0.25) is 0 Å². The van der Waals surface area contributed by atoms with Gasteiger partial charge in [-0.1, -0.05) is 24.3 Å². The molecule has 1 aliphatic rings. The maximum Gasteiger partial charge on any atom is 0.317 e. The Balaban J connectivity index is 1.50. The molecule has 1 heterocycles. The molecule has 7 nitrogen and oxygen atoms in total. The predicted octanol–water partition coefficient (Wildman–Crippen LogP) is 2.72. The predicted molar refractivity (Wildman–Crippen MR) is 115 cm³/mol. The Kier molecular flexibility index (Phi) is 7.17. The van der Waals surface area contributed by atoms with E-state index in [-0.39, 0.29) is 11.9 Å². The van der Waals surface area contributed by atoms with Crippen molar-refractivity contribution in [3.8, 4) is 11.5 Å². The van der Waals surface area contributed by atoms with Gasteiger partial charge in [-0.25, -0.2) is 4.79 Å². The number of ether oxygens (including phenoxy) is 2. The van der Waals surface area contributed by atoms with Crippen molar-refractivity contribution >= 4 is 11.9 Å². The van der Waals surface area contributed by atoms with Crippen molar-refractivity contribution in [1.82, 2.24) is 15.1 Å². The van der Waals surface area contributed by atoms with Gasteiger partial charge in [-0.3, -0.25) is 4.79 Å². The van der Waals surface area contributed by atoms with Crippen molar-refractivity contribution < 1.29 is 19.1 Å². The number of nitrogens with zero attached hydrogens (tertiary/aromatic N) is 2. The van der Waals surface area contributed by atoms with Gasteiger partial charge in [-0.2, -0.15) is 0 Å². The summed E-state index contributed by atoms with van der Waals surface area (Å²) in [6.45, 7) is 4.64. The van der Waals surface area contributed by atoms with E-state index < -0.39 is 0 Å². The summed E-state index contributed by atoms with van der Waals surface area (Å²) in [5, 5.41) is 2.98. The molecule has 0 aromatic heterocycles. The van der Waals surface area contributed by atoms with E-state index in [1.165, 1.54) is 18.2 Å². The molecule has 2 aromatic carbocycles. The Bertz CT molecular complexity index is 892. The van der Waals surface area contributed by atoms with Gasteiger partial charge >= 0.3 is 6.03 Å². The van der Waals surface area contributed by atoms with E-state index in [0.717, 1.165) is 6.42 Å². The number of amides is 3. The van der Waals surface area contributed by atoms with Crippen LogP contribution in [0.4, 0.5) is 4.79 Å². The van der Waals surface area contributed by atoms with Crippen LogP contribution >= 0.6 is 0 Å². The average molecular weight is 412 g/mol. The van der Waals surface area contributed by atoms with Gasteiger partial charge in [-0.05, 0) is 36.6 Å². The van der Waals surface area contributed by atoms with Gasteiger partial charge in [0.1, 0.15) is 11.5 Å². The van der Waals surface area contributed by atoms with Gasteiger partial charge < -0.3 is 24.6 Å². The highest BCUT2D eigenvalue weighted by atomic mass is 16.5. The van der Waals surface area contributed by atoms with Crippen molar-refractivity contribution in [2.24, 2.45) is 0 Å². The summed E-state index contributed by atoms with van der Waals surface area (Å²) in [5.74, 6) is 1.01. The zero-order chi connectivity index (χ0) is 21.5. The van der Waals surface area contributed by atoms with Crippen LogP contribution < -0.4 is 14.8 Å². The third-order valence-electron chi connectivity index (χ3n) is 5.43. The molecule has 3 rings (SSSR count). The lowest BCUT2D eigenvalue weighted by Crippen LogP contribution is -2.53. The molecule has 0 unspecified atom stereocenters. The van der Waals surface area contributed by atoms with Crippen molar-refractivity contribution in [2.75, 3.05) is 46.9 Å². The zero-order valence-corrected chi connectivity index (χ0v) is 17.8. The van der Waals surface area contributed by atoms with Crippen LogP contribution in [0.1, 0.15) is 21.5 Å². The average Bonchev–Trinajstić information content (AvgIpc) is 2.79. The quantitative estimate of drug-likeness (QED) is 0.794. The van der Waals surface area contributed by atoms with Crippen molar-refractivity contribution in [3.63, 3.8) is 0 Å². The summed E-state index contributed by atoms with van der Waals surface area (Å²) in [6.07, 6.45) is 0.800. The highest BCUT2D eigenvalue weighted by Gasteiger charge is 2.26. The summed E-state index contributed by atoms with van der Waals surface area (Å²) in [6, 6.07) is 13.3. The molecule has 0 atom stereocenters. The molecule has 1 N–H and O–H groups in total. The maximum atomic E-state index is 12.9. The first-order valence-electron chi connectivity index (χ1n) is 10.1. The maximum absolute atomic E-state index is 12.9. The third kappa shape index (κ3) is 5.03. The highest BCUT2D eigenvalue weighted by Crippen LogP contribution is 2.26. The van der Waals surface area contributed by atoms with Crippen LogP contribution in [0, 0.1) is 6.92 Å². The second-order valence-electron chi connectivity index (χ2n) is 7.25. The standard InChI is InChI=1S/C23H29N3O4/c1-17-6-4-5-7-18(17)10-11-24-23(28)26-14-12-25(13-15-26)22(27)20-9-8-19(29-2)16-21(20)30-3/h4-9,16H,10-15H2,1-3H3,(H,24,28). The highest BCUT2D eigenvalue weighted by molar-refractivity contribution is 5.97. The second-order valence-corrected chi connectivity index (χ2v) is 7.25. The normalized spacial score (nSPS) is 13.7. The summed E-state index contributed by atoms with van der Waals surface area (Å²) < 4.78 is 10.5. The van der Waals surface area contributed by atoms with E-state index in [1.54, 1.807) is 35.1 Å². The molecule has 160 valence electrons. The van der Waals surface area contributed by atoms with E-state index in [0.29, 0.717) is 49.8 Å². The van der Waals surface area contributed by atoms with Gasteiger partial charge in [0, 0.05) is 38.8 Å². The molecule has 1 saturated heterocycles. The van der Waals surface area contributed by atoms with Crippen molar-refractivity contribution in [3.05, 3.63) is 59.2 Å². The molecule has 0 bridgehead atoms. The van der Waals surface area contributed by atoms with Crippen LogP contribution in [0.25, 0.3) is 0 Å². The number of benzene rings is 2. The van der Waals surface area contributed by atoms with E-state index in [2.05, 4.69) is 24.4 Å². The minimum atomic E-state index is -0.103. The van der Waals surface area contributed by atoms with Crippen molar-refractivity contribution in [1.29, 1.82) is 0 Å². The fourth-order valence-corrected chi connectivity index (χ4v) is 3.56. The number of hydrogen-bond acceptors (Lipinski definition) is 4. The Morgan fingerprint density at radius 2 is 1.67 bits per heavy atom. The summed E-state index contributed by atoms with van der Waals surface area (Å²) >= 11 is 0. The first-order valence-corrected chi connectivity index (χ1v) is 10.1. The van der Waals surface area contributed by atoms with E-state index in [4.69, 9.17) is 9.47 Å². The topological polar surface area (TPSA) is 71.1 Å². The van der Waals surface area contributed by atoms with Crippen LogP contribution in [0.2, 0.25) is 0 Å². The van der Waals surface area contributed by atoms with Gasteiger partial charge in [0.15, 0.2) is 0 Å². The Labute approximate surface area is 177 Å².